The Labute approximate surface area is 206 Å². The Balaban J connectivity index is 1.53. The number of methoxy groups -OCH3 is 2. The lowest BCUT2D eigenvalue weighted by molar-refractivity contribution is -0.122. The van der Waals surface area contributed by atoms with Gasteiger partial charge in [0.05, 0.1) is 36.4 Å². The van der Waals surface area contributed by atoms with Crippen LogP contribution in [0.4, 0.5) is 11.4 Å². The monoisotopic (exact) mass is 501 g/mol. The van der Waals surface area contributed by atoms with Crippen molar-refractivity contribution in [3.05, 3.63) is 42.5 Å². The normalized spacial score (nSPS) is 19.3. The van der Waals surface area contributed by atoms with Crippen LogP contribution in [0.2, 0.25) is 0 Å². The highest BCUT2D eigenvalue weighted by molar-refractivity contribution is 7.89. The van der Waals surface area contributed by atoms with Gasteiger partial charge < -0.3 is 19.7 Å². The van der Waals surface area contributed by atoms with Crippen LogP contribution in [0, 0.1) is 5.92 Å². The fourth-order valence-electron chi connectivity index (χ4n) is 4.58. The van der Waals surface area contributed by atoms with Gasteiger partial charge >= 0.3 is 0 Å². The zero-order valence-corrected chi connectivity index (χ0v) is 20.8. The molecule has 1 atom stereocenters. The molecule has 9 nitrogen and oxygen atoms in total. The van der Waals surface area contributed by atoms with E-state index in [1.165, 1.54) is 30.7 Å². The molecule has 0 saturated carbocycles. The molecule has 1 N–H and O–H groups in total. The number of hydrogen-bond acceptors (Lipinski definition) is 6. The largest absolute Gasteiger partial charge is 0.495 e. The standard InChI is InChI=1S/C25H31N3O6S/c1-33-22-12-11-19(35(31,32)27-13-7-3-4-8-14-27)16-20(22)26-25(30)18-15-24(29)28(17-18)21-9-5-6-10-23(21)34-2/h5-6,9-12,16,18H,3-4,7-8,13-15,17H2,1-2H3,(H,26,30)/t18-/m1/s1. The van der Waals surface area contributed by atoms with Crippen molar-refractivity contribution in [1.29, 1.82) is 0 Å². The molecule has 188 valence electrons. The molecule has 2 amide bonds. The Kier molecular flexibility index (Phi) is 7.61. The number of rotatable bonds is 7. The predicted octanol–water partition coefficient (Wildman–Crippen LogP) is 3.26. The number of sulfonamides is 1. The van der Waals surface area contributed by atoms with Gasteiger partial charge in [-0.15, -0.1) is 0 Å². The van der Waals surface area contributed by atoms with Crippen LogP contribution < -0.4 is 19.7 Å². The molecule has 0 spiro atoms. The van der Waals surface area contributed by atoms with Crippen LogP contribution >= 0.6 is 0 Å². The lowest BCUT2D eigenvalue weighted by atomic mass is 10.1. The molecule has 0 aromatic heterocycles. The topological polar surface area (TPSA) is 105 Å². The van der Waals surface area contributed by atoms with Crippen molar-refractivity contribution >= 4 is 33.2 Å². The maximum Gasteiger partial charge on any atom is 0.243 e. The Bertz CT molecular complexity index is 1190. The van der Waals surface area contributed by atoms with Crippen LogP contribution in [-0.2, 0) is 19.6 Å². The van der Waals surface area contributed by atoms with Gasteiger partial charge in [0.1, 0.15) is 11.5 Å². The second-order valence-electron chi connectivity index (χ2n) is 8.75. The van der Waals surface area contributed by atoms with Gasteiger partial charge in [-0.25, -0.2) is 8.42 Å². The zero-order valence-electron chi connectivity index (χ0n) is 20.0. The highest BCUT2D eigenvalue weighted by Crippen LogP contribution is 2.34. The molecule has 35 heavy (non-hydrogen) atoms. The summed E-state index contributed by atoms with van der Waals surface area (Å²) in [5.74, 6) is -0.269. The predicted molar refractivity (Wildman–Crippen MR) is 132 cm³/mol. The number of carbonyl (C=O) groups is 2. The SMILES string of the molecule is COc1ccc(S(=O)(=O)N2CCCCCC2)cc1NC(=O)[C@@H]1CC(=O)N(c2ccccc2OC)C1. The fraction of sp³-hybridized carbons (Fsp3) is 0.440. The van der Waals surface area contributed by atoms with Gasteiger partial charge in [0, 0.05) is 26.1 Å². The second kappa shape index (κ2) is 10.7. The Hall–Kier alpha value is -3.11. The van der Waals surface area contributed by atoms with E-state index in [1.54, 1.807) is 29.2 Å². The number of anilines is 2. The van der Waals surface area contributed by atoms with E-state index in [2.05, 4.69) is 5.32 Å². The average molecular weight is 502 g/mol. The maximum absolute atomic E-state index is 13.2. The van der Waals surface area contributed by atoms with Gasteiger partial charge in [-0.3, -0.25) is 9.59 Å². The zero-order chi connectivity index (χ0) is 25.0. The molecule has 0 aliphatic carbocycles. The van der Waals surface area contributed by atoms with Gasteiger partial charge in [0.2, 0.25) is 21.8 Å². The van der Waals surface area contributed by atoms with Crippen LogP contribution in [0.5, 0.6) is 11.5 Å². The second-order valence-corrected chi connectivity index (χ2v) is 10.7. The number of nitrogens with one attached hydrogen (secondary N) is 1. The van der Waals surface area contributed by atoms with Gasteiger partial charge in [-0.05, 0) is 43.2 Å². The summed E-state index contributed by atoms with van der Waals surface area (Å²) in [6.07, 6.45) is 3.73. The molecule has 0 unspecified atom stereocenters. The first kappa shape index (κ1) is 25.0. The molecule has 2 heterocycles. The molecule has 2 aliphatic heterocycles. The molecule has 4 rings (SSSR count). The van der Waals surface area contributed by atoms with Crippen molar-refractivity contribution in [2.45, 2.75) is 37.0 Å². The summed E-state index contributed by atoms with van der Waals surface area (Å²) in [7, 11) is -0.714. The molecule has 0 radical (unpaired) electrons. The van der Waals surface area contributed by atoms with Gasteiger partial charge in [-0.1, -0.05) is 25.0 Å². The van der Waals surface area contributed by atoms with E-state index >= 15 is 0 Å². The molecule has 10 heteroatoms. The Morgan fingerprint density at radius 2 is 1.66 bits per heavy atom. The van der Waals surface area contributed by atoms with Crippen molar-refractivity contribution in [1.82, 2.24) is 4.31 Å². The third-order valence-electron chi connectivity index (χ3n) is 6.50. The number of nitrogens with zero attached hydrogens (tertiary/aromatic N) is 2. The summed E-state index contributed by atoms with van der Waals surface area (Å²) in [5.41, 5.74) is 0.870. The molecule has 2 aliphatic rings. The van der Waals surface area contributed by atoms with E-state index in [0.29, 0.717) is 30.3 Å². The number of para-hydroxylation sites is 2. The van der Waals surface area contributed by atoms with Gasteiger partial charge in [0.15, 0.2) is 0 Å². The van der Waals surface area contributed by atoms with Gasteiger partial charge in [0.25, 0.3) is 0 Å². The Morgan fingerprint density at radius 1 is 0.971 bits per heavy atom. The Morgan fingerprint density at radius 3 is 2.34 bits per heavy atom. The highest BCUT2D eigenvalue weighted by atomic mass is 32.2. The van der Waals surface area contributed by atoms with Gasteiger partial charge in [-0.2, -0.15) is 4.31 Å². The average Bonchev–Trinajstić information content (AvgIpc) is 3.06. The van der Waals surface area contributed by atoms with Crippen LogP contribution in [0.15, 0.2) is 47.4 Å². The van der Waals surface area contributed by atoms with Crippen LogP contribution in [0.25, 0.3) is 0 Å². The quantitative estimate of drug-likeness (QED) is 0.624. The lowest BCUT2D eigenvalue weighted by Gasteiger charge is -2.21. The van der Waals surface area contributed by atoms with Crippen molar-refractivity contribution in [2.24, 2.45) is 5.92 Å². The molecule has 2 aromatic carbocycles. The molecular formula is C25H31N3O6S. The number of benzene rings is 2. The summed E-state index contributed by atoms with van der Waals surface area (Å²) < 4.78 is 38.7. The van der Waals surface area contributed by atoms with E-state index in [0.717, 1.165) is 25.7 Å². The van der Waals surface area contributed by atoms with Crippen LogP contribution in [0.3, 0.4) is 0 Å². The lowest BCUT2D eigenvalue weighted by Crippen LogP contribution is -2.32. The van der Waals surface area contributed by atoms with E-state index in [9.17, 15) is 18.0 Å². The van der Waals surface area contributed by atoms with E-state index < -0.39 is 15.9 Å². The van der Waals surface area contributed by atoms with Crippen LogP contribution in [-0.4, -0.2) is 58.4 Å². The van der Waals surface area contributed by atoms with Crippen molar-refractivity contribution < 1.29 is 27.5 Å². The minimum absolute atomic E-state index is 0.0396. The van der Waals surface area contributed by atoms with Crippen molar-refractivity contribution in [2.75, 3.05) is 44.1 Å². The third kappa shape index (κ3) is 5.28. The molecule has 2 fully saturated rings. The first-order valence-corrected chi connectivity index (χ1v) is 13.2. The van der Waals surface area contributed by atoms with Crippen LogP contribution in [0.1, 0.15) is 32.1 Å². The van der Waals surface area contributed by atoms with E-state index in [1.807, 2.05) is 6.07 Å². The molecule has 0 bridgehead atoms. The smallest absolute Gasteiger partial charge is 0.243 e. The fourth-order valence-corrected chi connectivity index (χ4v) is 6.12. The molecule has 2 aromatic rings. The third-order valence-corrected chi connectivity index (χ3v) is 8.40. The summed E-state index contributed by atoms with van der Waals surface area (Å²) in [6, 6.07) is 11.6. The van der Waals surface area contributed by atoms with E-state index in [4.69, 9.17) is 9.47 Å². The highest BCUT2D eigenvalue weighted by Gasteiger charge is 2.36. The van der Waals surface area contributed by atoms with Crippen molar-refractivity contribution in [3.63, 3.8) is 0 Å². The number of amides is 2. The summed E-state index contributed by atoms with van der Waals surface area (Å²) in [5, 5.41) is 2.80. The number of carbonyl (C=O) groups excluding carboxylic acids is 2. The van der Waals surface area contributed by atoms with Crippen molar-refractivity contribution in [3.8, 4) is 11.5 Å². The molecular weight excluding hydrogens is 470 g/mol. The number of hydrogen-bond donors (Lipinski definition) is 1. The summed E-state index contributed by atoms with van der Waals surface area (Å²) >= 11 is 0. The minimum Gasteiger partial charge on any atom is -0.495 e. The maximum atomic E-state index is 13.2. The van der Waals surface area contributed by atoms with E-state index in [-0.39, 0.29) is 35.4 Å². The first-order chi connectivity index (χ1) is 16.8. The molecule has 2 saturated heterocycles. The minimum atomic E-state index is -3.70. The first-order valence-electron chi connectivity index (χ1n) is 11.8. The summed E-state index contributed by atoms with van der Waals surface area (Å²) in [4.78, 5) is 27.5. The number of ether oxygens (including phenoxy) is 2. The summed E-state index contributed by atoms with van der Waals surface area (Å²) in [6.45, 7) is 1.16.